The monoisotopic (exact) mass is 387 g/mol. The van der Waals surface area contributed by atoms with Crippen LogP contribution in [0.3, 0.4) is 0 Å². The van der Waals surface area contributed by atoms with Crippen molar-refractivity contribution in [1.29, 1.82) is 0 Å². The van der Waals surface area contributed by atoms with Crippen LogP contribution in [0, 0.1) is 11.7 Å². The number of piperidine rings is 1. The molecule has 0 radical (unpaired) electrons. The maximum Gasteiger partial charge on any atom is 0.326 e. The van der Waals surface area contributed by atoms with Crippen LogP contribution in [0.2, 0.25) is 0 Å². The van der Waals surface area contributed by atoms with Crippen LogP contribution in [0.4, 0.5) is 4.39 Å². The summed E-state index contributed by atoms with van der Waals surface area (Å²) < 4.78 is 13.3. The Bertz CT molecular complexity index is 942. The zero-order chi connectivity index (χ0) is 19.7. The van der Waals surface area contributed by atoms with Gasteiger partial charge in [0.1, 0.15) is 11.5 Å². The molecule has 2 saturated heterocycles. The Morgan fingerprint density at radius 1 is 1.14 bits per heavy atom. The highest BCUT2D eigenvalue weighted by molar-refractivity contribution is 5.92. The first kappa shape index (κ1) is 18.6. The van der Waals surface area contributed by atoms with Crippen molar-refractivity contribution in [3.8, 4) is 0 Å². The van der Waals surface area contributed by atoms with Crippen LogP contribution >= 0.6 is 0 Å². The van der Waals surface area contributed by atoms with Gasteiger partial charge in [-0.1, -0.05) is 12.1 Å². The number of carbonyl (C=O) groups is 1. The Morgan fingerprint density at radius 3 is 2.68 bits per heavy atom. The average molecular weight is 387 g/mol. The van der Waals surface area contributed by atoms with Crippen LogP contribution in [-0.4, -0.2) is 46.5 Å². The van der Waals surface area contributed by atoms with Crippen LogP contribution in [0.5, 0.6) is 0 Å². The van der Waals surface area contributed by atoms with Crippen LogP contribution in [0.15, 0.2) is 39.9 Å². The van der Waals surface area contributed by atoms with Crippen LogP contribution in [0.1, 0.15) is 34.8 Å². The number of amides is 1. The Morgan fingerprint density at radius 2 is 1.93 bits per heavy atom. The molecule has 2 fully saturated rings. The van der Waals surface area contributed by atoms with Gasteiger partial charge in [0.05, 0.1) is 0 Å². The van der Waals surface area contributed by atoms with Gasteiger partial charge in [0.15, 0.2) is 0 Å². The highest BCUT2D eigenvalue weighted by Gasteiger charge is 2.37. The number of aromatic amines is 2. The van der Waals surface area contributed by atoms with Crippen molar-refractivity contribution < 1.29 is 9.18 Å². The van der Waals surface area contributed by atoms with Gasteiger partial charge in [-0.3, -0.25) is 25.4 Å². The largest absolute Gasteiger partial charge is 0.337 e. The fraction of sp³-hybridized carbons (Fsp3) is 0.421. The van der Waals surface area contributed by atoms with E-state index < -0.39 is 11.2 Å². The fourth-order valence-corrected chi connectivity index (χ4v) is 4.24. The summed E-state index contributed by atoms with van der Waals surface area (Å²) in [7, 11) is 0. The number of nitrogens with zero attached hydrogens (tertiary/aromatic N) is 1. The van der Waals surface area contributed by atoms with Gasteiger partial charge < -0.3 is 9.88 Å². The Kier molecular flexibility index (Phi) is 5.10. The minimum atomic E-state index is -0.692. The van der Waals surface area contributed by atoms with Crippen molar-refractivity contribution in [1.82, 2.24) is 25.7 Å². The Balaban J connectivity index is 1.51. The number of hydrogen-bond donors (Lipinski definition) is 4. The van der Waals surface area contributed by atoms with Gasteiger partial charge in [0.2, 0.25) is 0 Å². The lowest BCUT2D eigenvalue weighted by Gasteiger charge is -2.37. The summed E-state index contributed by atoms with van der Waals surface area (Å²) in [6.45, 7) is 1.82. The molecule has 0 saturated carbocycles. The van der Waals surface area contributed by atoms with E-state index in [2.05, 4.69) is 20.8 Å². The number of carbonyl (C=O) groups excluding carboxylic acids is 1. The van der Waals surface area contributed by atoms with Crippen LogP contribution < -0.4 is 22.1 Å². The second-order valence-corrected chi connectivity index (χ2v) is 7.36. The molecule has 1 aromatic carbocycles. The number of benzene rings is 1. The van der Waals surface area contributed by atoms with E-state index in [0.717, 1.165) is 31.0 Å². The van der Waals surface area contributed by atoms with E-state index in [-0.39, 0.29) is 35.3 Å². The van der Waals surface area contributed by atoms with Crippen molar-refractivity contribution in [3.63, 3.8) is 0 Å². The molecule has 8 nitrogen and oxygen atoms in total. The van der Waals surface area contributed by atoms with Gasteiger partial charge in [-0.25, -0.2) is 9.18 Å². The second-order valence-electron chi connectivity index (χ2n) is 7.36. The average Bonchev–Trinajstić information content (AvgIpc) is 3.17. The predicted octanol–water partition coefficient (Wildman–Crippen LogP) is 0.315. The van der Waals surface area contributed by atoms with E-state index in [1.165, 1.54) is 12.1 Å². The van der Waals surface area contributed by atoms with Gasteiger partial charge in [-0.2, -0.15) is 0 Å². The summed E-state index contributed by atoms with van der Waals surface area (Å²) >= 11 is 0. The number of halogens is 1. The zero-order valence-corrected chi connectivity index (χ0v) is 15.2. The summed E-state index contributed by atoms with van der Waals surface area (Å²) in [5, 5.41) is 0. The molecule has 9 heteroatoms. The zero-order valence-electron chi connectivity index (χ0n) is 15.2. The van der Waals surface area contributed by atoms with Crippen molar-refractivity contribution >= 4 is 5.91 Å². The number of likely N-dealkylation sites (tertiary alicyclic amines) is 1. The van der Waals surface area contributed by atoms with Gasteiger partial charge in [-0.05, 0) is 36.5 Å². The van der Waals surface area contributed by atoms with Gasteiger partial charge >= 0.3 is 5.69 Å². The maximum atomic E-state index is 13.3. The number of nitrogens with one attached hydrogen (secondary N) is 4. The molecule has 0 spiro atoms. The first-order valence-corrected chi connectivity index (χ1v) is 9.38. The highest BCUT2D eigenvalue weighted by atomic mass is 19.1. The third-order valence-corrected chi connectivity index (χ3v) is 5.57. The molecule has 4 rings (SSSR count). The standard InChI is InChI=1S/C19H22FN5O3/c20-13-5-3-11(4-6-13)14-9-21-24-17(14)12-2-1-7-25(10-12)18(27)15-8-16(26)23-19(28)22-15/h3-6,8,12,14,17,21,24H,1-2,7,9-10H2,(H2,22,23,26,28). The van der Waals surface area contributed by atoms with E-state index in [0.29, 0.717) is 13.1 Å². The molecule has 3 heterocycles. The molecule has 148 valence electrons. The van der Waals surface area contributed by atoms with E-state index in [9.17, 15) is 18.8 Å². The van der Waals surface area contributed by atoms with Crippen molar-refractivity contribution in [2.75, 3.05) is 19.6 Å². The molecule has 1 amide bonds. The molecule has 1 aromatic heterocycles. The van der Waals surface area contributed by atoms with E-state index in [4.69, 9.17) is 0 Å². The lowest BCUT2D eigenvalue weighted by Crippen LogP contribution is -2.48. The number of aromatic nitrogens is 2. The number of H-pyrrole nitrogens is 2. The Labute approximate surface area is 160 Å². The predicted molar refractivity (Wildman–Crippen MR) is 100 cm³/mol. The molecule has 2 aliphatic rings. The molecule has 4 N–H and O–H groups in total. The van der Waals surface area contributed by atoms with E-state index in [1.807, 2.05) is 0 Å². The minimum absolute atomic E-state index is 0.00184. The first-order chi connectivity index (χ1) is 13.5. The summed E-state index contributed by atoms with van der Waals surface area (Å²) in [6.07, 6.45) is 1.78. The summed E-state index contributed by atoms with van der Waals surface area (Å²) in [5.74, 6) is -0.255. The molecule has 2 aliphatic heterocycles. The summed E-state index contributed by atoms with van der Waals surface area (Å²) in [4.78, 5) is 41.9. The van der Waals surface area contributed by atoms with E-state index in [1.54, 1.807) is 17.0 Å². The number of hydrazine groups is 1. The van der Waals surface area contributed by atoms with Gasteiger partial charge in [0, 0.05) is 37.7 Å². The topological polar surface area (TPSA) is 110 Å². The third kappa shape index (κ3) is 3.76. The van der Waals surface area contributed by atoms with Gasteiger partial charge in [0.25, 0.3) is 11.5 Å². The molecule has 3 atom stereocenters. The molecular weight excluding hydrogens is 365 g/mol. The highest BCUT2D eigenvalue weighted by Crippen LogP contribution is 2.32. The maximum absolute atomic E-state index is 13.3. The van der Waals surface area contributed by atoms with Crippen LogP contribution in [0.25, 0.3) is 0 Å². The summed E-state index contributed by atoms with van der Waals surface area (Å²) in [5.41, 5.74) is 6.25. The Hall–Kier alpha value is -2.78. The molecule has 0 aliphatic carbocycles. The smallest absolute Gasteiger partial charge is 0.326 e. The quantitative estimate of drug-likeness (QED) is 0.606. The summed E-state index contributed by atoms with van der Waals surface area (Å²) in [6, 6.07) is 7.74. The minimum Gasteiger partial charge on any atom is -0.337 e. The normalized spacial score (nSPS) is 25.0. The van der Waals surface area contributed by atoms with Gasteiger partial charge in [-0.15, -0.1) is 0 Å². The lowest BCUT2D eigenvalue weighted by molar-refractivity contribution is 0.0638. The molecule has 2 aromatic rings. The lowest BCUT2D eigenvalue weighted by atomic mass is 9.81. The molecule has 3 unspecified atom stereocenters. The molecule has 0 bridgehead atoms. The number of rotatable bonds is 3. The third-order valence-electron chi connectivity index (χ3n) is 5.57. The fourth-order valence-electron chi connectivity index (χ4n) is 4.24. The van der Waals surface area contributed by atoms with E-state index >= 15 is 0 Å². The molecular formula is C19H22FN5O3. The molecule has 28 heavy (non-hydrogen) atoms. The second kappa shape index (κ2) is 7.69. The van der Waals surface area contributed by atoms with Crippen molar-refractivity contribution in [2.45, 2.75) is 24.8 Å². The van der Waals surface area contributed by atoms with Crippen LogP contribution in [-0.2, 0) is 0 Å². The van der Waals surface area contributed by atoms with Crippen molar-refractivity contribution in [2.24, 2.45) is 5.92 Å². The SMILES string of the molecule is O=C(c1cc(=O)[nH]c(=O)[nH]1)N1CCCC(C2NNCC2c2ccc(F)cc2)C1. The number of hydrogen-bond acceptors (Lipinski definition) is 5. The van der Waals surface area contributed by atoms with Crippen molar-refractivity contribution in [3.05, 3.63) is 68.2 Å². The first-order valence-electron chi connectivity index (χ1n) is 9.38.